The zero-order chi connectivity index (χ0) is 40.0. The largest absolute Gasteiger partial charge is 0.505 e. The molecule has 1 amide bonds. The van der Waals surface area contributed by atoms with Gasteiger partial charge in [0.2, 0.25) is 5.91 Å². The number of carboxylic acid groups (broad SMARTS) is 2. The maximum absolute atomic E-state index is 13.6. The third-order valence-corrected chi connectivity index (χ3v) is 15.5. The molecule has 0 bridgehead atoms. The smallest absolute Gasteiger partial charge is 0.339 e. The number of hydrogen-bond donors (Lipinski definition) is 6. The standard InChI is InChI=1S/C45H59Cl2NO7.H3N/c1-24(2)7-6-8-25(3)34-12-13-35-31-10-9-28-23-29(15-17-44(28,4)36(31)16-18-45(34,35)5)48-39(49)14-11-30(26-19-32(42(52)53)40(50)37(46)21-26)27-20-33(43(54)55)41(51)38(47)22-27;/h11,19-22,24-25,28-29,31,34-36,50-51H,6-10,12-18,23H2,1-5H3,(H,48,49)(H,52,53)(H,54,55);1H3/t25-,28+,29+,31+,34-,35+,36+,44+,45-;/m1./s1. The first-order valence-corrected chi connectivity index (χ1v) is 21.2. The highest BCUT2D eigenvalue weighted by Crippen LogP contribution is 2.68. The molecule has 9 atom stereocenters. The van der Waals surface area contributed by atoms with E-state index in [2.05, 4.69) is 39.9 Å². The number of carbonyl (C=O) groups excluding carboxylic acids is 1. The molecule has 4 saturated carbocycles. The highest BCUT2D eigenvalue weighted by atomic mass is 35.5. The molecule has 4 aliphatic rings. The molecule has 308 valence electrons. The molecular formula is C45H62Cl2N2O7. The summed E-state index contributed by atoms with van der Waals surface area (Å²) in [4.78, 5) is 37.5. The van der Waals surface area contributed by atoms with E-state index in [0.717, 1.165) is 54.8 Å². The lowest BCUT2D eigenvalue weighted by Crippen LogP contribution is -2.55. The third kappa shape index (κ3) is 8.47. The molecule has 0 aromatic heterocycles. The summed E-state index contributed by atoms with van der Waals surface area (Å²) in [5.74, 6) is 1.07. The van der Waals surface area contributed by atoms with Gasteiger partial charge in [-0.25, -0.2) is 9.59 Å². The Morgan fingerprint density at radius 3 is 1.95 bits per heavy atom. The molecule has 4 fully saturated rings. The van der Waals surface area contributed by atoms with E-state index in [1.54, 1.807) is 6.08 Å². The SMILES string of the molecule is CC(C)CCC[C@@H](C)[C@H]1CC[C@H]2[C@@H]3CC[C@H]4C[C@@H](NC(=O)CC=C(c5cc(Cl)c(O)c(C(=O)O)c5)c5cc(Cl)c(O)c(C(=O)O)c5)CC[C@]4(C)[C@H]3CC[C@]12C.N. The zero-order valence-electron chi connectivity index (χ0n) is 33.7. The van der Waals surface area contributed by atoms with Crippen molar-refractivity contribution in [2.24, 2.45) is 52.3 Å². The lowest BCUT2D eigenvalue weighted by Gasteiger charge is -2.61. The summed E-state index contributed by atoms with van der Waals surface area (Å²) >= 11 is 12.5. The molecule has 4 aliphatic carbocycles. The Hall–Kier alpha value is -3.27. The van der Waals surface area contributed by atoms with Crippen LogP contribution in [0.3, 0.4) is 0 Å². The molecule has 8 N–H and O–H groups in total. The van der Waals surface area contributed by atoms with Crippen molar-refractivity contribution in [3.8, 4) is 11.5 Å². The minimum atomic E-state index is -1.41. The number of carbonyl (C=O) groups is 3. The molecule has 6 rings (SSSR count). The summed E-state index contributed by atoms with van der Waals surface area (Å²) in [5.41, 5.74) is 0.566. The molecule has 2 aromatic rings. The third-order valence-electron chi connectivity index (χ3n) is 14.9. The summed E-state index contributed by atoms with van der Waals surface area (Å²) in [6.45, 7) is 12.4. The van der Waals surface area contributed by atoms with Crippen molar-refractivity contribution in [3.05, 3.63) is 62.6 Å². The summed E-state index contributed by atoms with van der Waals surface area (Å²) in [6.07, 6.45) is 16.4. The van der Waals surface area contributed by atoms with E-state index in [4.69, 9.17) is 23.2 Å². The first kappa shape index (κ1) is 43.8. The summed E-state index contributed by atoms with van der Waals surface area (Å²) < 4.78 is 0. The molecule has 56 heavy (non-hydrogen) atoms. The molecule has 2 aromatic carbocycles. The van der Waals surface area contributed by atoms with Gasteiger partial charge in [-0.15, -0.1) is 0 Å². The van der Waals surface area contributed by atoms with E-state index in [-0.39, 0.29) is 56.7 Å². The average Bonchev–Trinajstić information content (AvgIpc) is 3.48. The van der Waals surface area contributed by atoms with Crippen molar-refractivity contribution in [2.45, 2.75) is 124 Å². The monoisotopic (exact) mass is 812 g/mol. The number of halogens is 2. The van der Waals surface area contributed by atoms with E-state index in [0.29, 0.717) is 11.3 Å². The summed E-state index contributed by atoms with van der Waals surface area (Å²) in [5, 5.41) is 42.9. The number of hydrogen-bond acceptors (Lipinski definition) is 6. The first-order valence-electron chi connectivity index (χ1n) is 20.5. The number of aromatic carboxylic acids is 2. The summed E-state index contributed by atoms with van der Waals surface area (Å²) in [7, 11) is 0. The molecule has 0 unspecified atom stereocenters. The fourth-order valence-electron chi connectivity index (χ4n) is 12.1. The quantitative estimate of drug-likeness (QED) is 0.122. The van der Waals surface area contributed by atoms with E-state index in [9.17, 15) is 34.8 Å². The lowest BCUT2D eigenvalue weighted by molar-refractivity contribution is -0.127. The van der Waals surface area contributed by atoms with Crippen molar-refractivity contribution < 1.29 is 34.8 Å². The van der Waals surface area contributed by atoms with E-state index >= 15 is 0 Å². The number of aromatic hydroxyl groups is 2. The van der Waals surface area contributed by atoms with Crippen molar-refractivity contribution in [2.75, 3.05) is 0 Å². The molecule has 0 radical (unpaired) electrons. The maximum Gasteiger partial charge on any atom is 0.339 e. The Labute approximate surface area is 342 Å². The molecule has 9 nitrogen and oxygen atoms in total. The van der Waals surface area contributed by atoms with Crippen LogP contribution in [-0.4, -0.2) is 44.3 Å². The molecule has 0 aliphatic heterocycles. The van der Waals surface area contributed by atoms with Gasteiger partial charge in [0, 0.05) is 12.5 Å². The van der Waals surface area contributed by atoms with Crippen LogP contribution in [0.4, 0.5) is 0 Å². The minimum Gasteiger partial charge on any atom is -0.505 e. The van der Waals surface area contributed by atoms with Gasteiger partial charge in [-0.2, -0.15) is 0 Å². The number of rotatable bonds is 12. The van der Waals surface area contributed by atoms with Crippen molar-refractivity contribution in [1.82, 2.24) is 11.5 Å². The van der Waals surface area contributed by atoms with Gasteiger partial charge in [0.15, 0.2) is 0 Å². The summed E-state index contributed by atoms with van der Waals surface area (Å²) in [6, 6.07) is 5.15. The normalized spacial score (nSPS) is 29.9. The fourth-order valence-corrected chi connectivity index (χ4v) is 12.6. The van der Waals surface area contributed by atoms with Crippen LogP contribution >= 0.6 is 23.2 Å². The van der Waals surface area contributed by atoms with Crippen LogP contribution in [0.25, 0.3) is 5.57 Å². The van der Waals surface area contributed by atoms with Gasteiger partial charge in [-0.3, -0.25) is 4.79 Å². The van der Waals surface area contributed by atoms with Crippen LogP contribution in [0.1, 0.15) is 150 Å². The van der Waals surface area contributed by atoms with Crippen LogP contribution < -0.4 is 11.5 Å². The fraction of sp³-hybridized carbons (Fsp3) is 0.622. The average molecular weight is 814 g/mol. The molecule has 11 heteroatoms. The van der Waals surface area contributed by atoms with Crippen molar-refractivity contribution in [3.63, 3.8) is 0 Å². The second-order valence-electron chi connectivity index (χ2n) is 18.4. The number of phenols is 2. The number of nitrogens with one attached hydrogen (secondary N) is 1. The van der Waals surface area contributed by atoms with Gasteiger partial charge in [0.25, 0.3) is 0 Å². The maximum atomic E-state index is 13.6. The Balaban J connectivity index is 0.00000600. The number of carboxylic acids is 2. The Bertz CT molecular complexity index is 1770. The minimum absolute atomic E-state index is 0. The van der Waals surface area contributed by atoms with E-state index < -0.39 is 34.6 Å². The Morgan fingerprint density at radius 2 is 1.38 bits per heavy atom. The Kier molecular flexibility index (Phi) is 13.5. The van der Waals surface area contributed by atoms with Crippen LogP contribution in [0.2, 0.25) is 10.0 Å². The number of amides is 1. The van der Waals surface area contributed by atoms with Crippen molar-refractivity contribution >= 4 is 46.6 Å². The van der Waals surface area contributed by atoms with Crippen LogP contribution in [0.5, 0.6) is 11.5 Å². The molecule has 0 spiro atoms. The van der Waals surface area contributed by atoms with E-state index in [1.165, 1.54) is 82.1 Å². The highest BCUT2D eigenvalue weighted by molar-refractivity contribution is 6.33. The molecule has 0 saturated heterocycles. The molecule has 0 heterocycles. The zero-order valence-corrected chi connectivity index (χ0v) is 35.2. The number of benzene rings is 2. The van der Waals surface area contributed by atoms with Crippen molar-refractivity contribution in [1.29, 1.82) is 0 Å². The lowest BCUT2D eigenvalue weighted by atomic mass is 9.44. The second kappa shape index (κ2) is 17.3. The second-order valence-corrected chi connectivity index (χ2v) is 19.2. The molecular weight excluding hydrogens is 751 g/mol. The van der Waals surface area contributed by atoms with Gasteiger partial charge in [0.1, 0.15) is 22.6 Å². The predicted molar refractivity (Wildman–Crippen MR) is 222 cm³/mol. The van der Waals surface area contributed by atoms with Gasteiger partial charge in [-0.1, -0.05) is 83.2 Å². The van der Waals surface area contributed by atoms with Gasteiger partial charge < -0.3 is 31.9 Å². The number of fused-ring (bicyclic) bond motifs is 5. The van der Waals surface area contributed by atoms with Gasteiger partial charge in [-0.05, 0) is 151 Å². The van der Waals surface area contributed by atoms with E-state index in [1.807, 2.05) is 0 Å². The Morgan fingerprint density at radius 1 is 0.804 bits per heavy atom. The van der Waals surface area contributed by atoms with Crippen LogP contribution in [-0.2, 0) is 4.79 Å². The topological polar surface area (TPSA) is 179 Å². The van der Waals surface area contributed by atoms with Crippen LogP contribution in [0.15, 0.2) is 30.3 Å². The predicted octanol–water partition coefficient (Wildman–Crippen LogP) is 11.4. The van der Waals surface area contributed by atoms with Gasteiger partial charge >= 0.3 is 11.9 Å². The van der Waals surface area contributed by atoms with Crippen LogP contribution in [0, 0.1) is 52.3 Å². The first-order chi connectivity index (χ1) is 25.9. The highest BCUT2D eigenvalue weighted by Gasteiger charge is 2.60. The van der Waals surface area contributed by atoms with Gasteiger partial charge in [0.05, 0.1) is 10.0 Å².